The molecule has 2 heterocycles. The van der Waals surface area contributed by atoms with Crippen molar-refractivity contribution in [3.63, 3.8) is 0 Å². The van der Waals surface area contributed by atoms with Gasteiger partial charge < -0.3 is 13.4 Å². The maximum Gasteiger partial charge on any atom is 0.519 e. The Morgan fingerprint density at radius 1 is 1.19 bits per heavy atom. The van der Waals surface area contributed by atoms with Crippen molar-refractivity contribution in [2.45, 2.75) is 17.8 Å². The van der Waals surface area contributed by atoms with E-state index in [2.05, 4.69) is 10.2 Å². The molecule has 0 saturated heterocycles. The van der Waals surface area contributed by atoms with Crippen molar-refractivity contribution in [3.8, 4) is 11.4 Å². The van der Waals surface area contributed by atoms with Gasteiger partial charge in [-0.2, -0.15) is 0 Å². The maximum absolute atomic E-state index is 11.0. The molecule has 3 aromatic rings. The lowest BCUT2D eigenvalue weighted by Crippen LogP contribution is -1.95. The second kappa shape index (κ2) is 5.61. The van der Waals surface area contributed by atoms with Crippen LogP contribution in [0.2, 0.25) is 0 Å². The molecule has 0 N–H and O–H groups in total. The summed E-state index contributed by atoms with van der Waals surface area (Å²) in [7, 11) is 1.91. The quantitative estimate of drug-likeness (QED) is 0.690. The number of hydrogen-bond donors (Lipinski definition) is 0. The Balaban J connectivity index is 1.80. The Kier molecular flexibility index (Phi) is 3.66. The van der Waals surface area contributed by atoms with Gasteiger partial charge in [0.2, 0.25) is 0 Å². The van der Waals surface area contributed by atoms with Gasteiger partial charge in [0.05, 0.1) is 5.75 Å². The van der Waals surface area contributed by atoms with Crippen LogP contribution in [-0.4, -0.2) is 14.8 Å². The summed E-state index contributed by atoms with van der Waals surface area (Å²) in [5.74, 6) is 1.61. The van der Waals surface area contributed by atoms with E-state index in [0.29, 0.717) is 17.3 Å². The molecule has 21 heavy (non-hydrogen) atoms. The zero-order chi connectivity index (χ0) is 14.8. The number of aromatic nitrogens is 3. The van der Waals surface area contributed by atoms with Gasteiger partial charge in [-0.05, 0) is 6.92 Å². The first-order valence-corrected chi connectivity index (χ1v) is 7.30. The van der Waals surface area contributed by atoms with Crippen molar-refractivity contribution >= 4 is 11.8 Å². The molecule has 3 rings (SSSR count). The Morgan fingerprint density at radius 2 is 1.95 bits per heavy atom. The van der Waals surface area contributed by atoms with Gasteiger partial charge in [0.15, 0.2) is 16.7 Å². The molecule has 0 unspecified atom stereocenters. The standard InChI is InChI=1S/C14H13N3O3S/c1-9-11(20-14(18)19-9)8-21-13-16-15-12(17(13)2)10-6-4-3-5-7-10/h3-7H,8H2,1-2H3. The lowest BCUT2D eigenvalue weighted by atomic mass is 10.2. The molecular formula is C14H13N3O3S. The molecule has 7 heteroatoms. The van der Waals surface area contributed by atoms with Gasteiger partial charge >= 0.3 is 5.82 Å². The van der Waals surface area contributed by atoms with E-state index in [1.165, 1.54) is 11.8 Å². The van der Waals surface area contributed by atoms with Crippen molar-refractivity contribution in [3.05, 3.63) is 52.5 Å². The average Bonchev–Trinajstić information content (AvgIpc) is 3.00. The normalized spacial score (nSPS) is 11.0. The predicted molar refractivity (Wildman–Crippen MR) is 78.0 cm³/mol. The molecule has 0 spiro atoms. The minimum Gasteiger partial charge on any atom is -0.396 e. The van der Waals surface area contributed by atoms with Gasteiger partial charge in [-0.25, -0.2) is 4.79 Å². The van der Waals surface area contributed by atoms with Crippen LogP contribution in [-0.2, 0) is 12.8 Å². The van der Waals surface area contributed by atoms with Gasteiger partial charge in [-0.15, -0.1) is 10.2 Å². The van der Waals surface area contributed by atoms with Crippen LogP contribution in [0, 0.1) is 6.92 Å². The molecule has 2 aromatic heterocycles. The fraction of sp³-hybridized carbons (Fsp3) is 0.214. The number of rotatable bonds is 4. The highest BCUT2D eigenvalue weighted by molar-refractivity contribution is 7.98. The molecule has 0 saturated carbocycles. The number of benzene rings is 1. The van der Waals surface area contributed by atoms with E-state index in [9.17, 15) is 4.79 Å². The molecule has 0 fully saturated rings. The fourth-order valence-electron chi connectivity index (χ4n) is 1.92. The van der Waals surface area contributed by atoms with Crippen LogP contribution < -0.4 is 5.82 Å². The van der Waals surface area contributed by atoms with Crippen molar-refractivity contribution < 1.29 is 8.83 Å². The number of hydrogen-bond acceptors (Lipinski definition) is 6. The molecule has 0 atom stereocenters. The molecule has 0 aliphatic rings. The molecule has 0 radical (unpaired) electrons. The lowest BCUT2D eigenvalue weighted by Gasteiger charge is -2.02. The summed E-state index contributed by atoms with van der Waals surface area (Å²) in [5, 5.41) is 9.12. The highest BCUT2D eigenvalue weighted by atomic mass is 32.2. The Labute approximate surface area is 124 Å². The maximum atomic E-state index is 11.0. The molecule has 0 amide bonds. The minimum absolute atomic E-state index is 0.471. The monoisotopic (exact) mass is 303 g/mol. The summed E-state index contributed by atoms with van der Waals surface area (Å²) in [6.07, 6.45) is 0. The third-order valence-corrected chi connectivity index (χ3v) is 4.06. The van der Waals surface area contributed by atoms with Crippen LogP contribution in [0.15, 0.2) is 49.1 Å². The first kappa shape index (κ1) is 13.7. The van der Waals surface area contributed by atoms with E-state index in [-0.39, 0.29) is 0 Å². The van der Waals surface area contributed by atoms with Crippen molar-refractivity contribution in [2.24, 2.45) is 7.05 Å². The predicted octanol–water partition coefficient (Wildman–Crippen LogP) is 2.63. The van der Waals surface area contributed by atoms with Gasteiger partial charge in [-0.1, -0.05) is 42.1 Å². The van der Waals surface area contributed by atoms with E-state index in [1.54, 1.807) is 6.92 Å². The molecule has 0 bridgehead atoms. The molecule has 1 aromatic carbocycles. The largest absolute Gasteiger partial charge is 0.519 e. The molecule has 6 nitrogen and oxygen atoms in total. The third kappa shape index (κ3) is 2.78. The van der Waals surface area contributed by atoms with Gasteiger partial charge in [0.1, 0.15) is 5.76 Å². The van der Waals surface area contributed by atoms with Gasteiger partial charge in [-0.3, -0.25) is 0 Å². The average molecular weight is 303 g/mol. The SMILES string of the molecule is Cc1oc(=O)oc1CSc1nnc(-c2ccccc2)n1C. The zero-order valence-corrected chi connectivity index (χ0v) is 12.4. The zero-order valence-electron chi connectivity index (χ0n) is 11.6. The third-order valence-electron chi connectivity index (χ3n) is 3.03. The van der Waals surface area contributed by atoms with E-state index in [0.717, 1.165) is 16.5 Å². The Bertz CT molecular complexity index is 804. The van der Waals surface area contributed by atoms with Crippen molar-refractivity contribution in [2.75, 3.05) is 0 Å². The molecular weight excluding hydrogens is 290 g/mol. The fourth-order valence-corrected chi connectivity index (χ4v) is 2.82. The summed E-state index contributed by atoms with van der Waals surface area (Å²) in [4.78, 5) is 11.0. The Hall–Kier alpha value is -2.28. The second-order valence-corrected chi connectivity index (χ2v) is 5.40. The van der Waals surface area contributed by atoms with E-state index in [1.807, 2.05) is 41.9 Å². The second-order valence-electron chi connectivity index (χ2n) is 4.45. The highest BCUT2D eigenvalue weighted by Gasteiger charge is 2.14. The van der Waals surface area contributed by atoms with Gasteiger partial charge in [0.25, 0.3) is 0 Å². The van der Waals surface area contributed by atoms with Crippen LogP contribution >= 0.6 is 11.8 Å². The van der Waals surface area contributed by atoms with Crippen molar-refractivity contribution in [1.29, 1.82) is 0 Å². The molecule has 108 valence electrons. The van der Waals surface area contributed by atoms with E-state index in [4.69, 9.17) is 8.83 Å². The Morgan fingerprint density at radius 3 is 2.62 bits per heavy atom. The van der Waals surface area contributed by atoms with Crippen LogP contribution in [0.25, 0.3) is 11.4 Å². The molecule has 0 aliphatic heterocycles. The van der Waals surface area contributed by atoms with E-state index >= 15 is 0 Å². The van der Waals surface area contributed by atoms with Crippen LogP contribution in [0.3, 0.4) is 0 Å². The minimum atomic E-state index is -0.675. The first-order chi connectivity index (χ1) is 10.1. The van der Waals surface area contributed by atoms with Crippen LogP contribution in [0.1, 0.15) is 11.5 Å². The number of nitrogens with zero attached hydrogens (tertiary/aromatic N) is 3. The number of aryl methyl sites for hydroxylation is 1. The lowest BCUT2D eigenvalue weighted by molar-refractivity contribution is 0.372. The summed E-state index contributed by atoms with van der Waals surface area (Å²) in [6.45, 7) is 1.70. The summed E-state index contributed by atoms with van der Waals surface area (Å²) < 4.78 is 11.7. The summed E-state index contributed by atoms with van der Waals surface area (Å²) in [6, 6.07) is 9.84. The van der Waals surface area contributed by atoms with Crippen LogP contribution in [0.5, 0.6) is 0 Å². The smallest absolute Gasteiger partial charge is 0.396 e. The first-order valence-electron chi connectivity index (χ1n) is 6.32. The van der Waals surface area contributed by atoms with E-state index < -0.39 is 5.82 Å². The van der Waals surface area contributed by atoms with Crippen LogP contribution in [0.4, 0.5) is 0 Å². The number of thioether (sulfide) groups is 1. The topological polar surface area (TPSA) is 74.1 Å². The van der Waals surface area contributed by atoms with Gasteiger partial charge in [0, 0.05) is 12.6 Å². The highest BCUT2D eigenvalue weighted by Crippen LogP contribution is 2.25. The molecule has 0 aliphatic carbocycles. The van der Waals surface area contributed by atoms with Crippen molar-refractivity contribution in [1.82, 2.24) is 14.8 Å². The summed E-state index contributed by atoms with van der Waals surface area (Å²) in [5.41, 5.74) is 1.00. The summed E-state index contributed by atoms with van der Waals surface area (Å²) >= 11 is 1.44.